The van der Waals surface area contributed by atoms with Crippen molar-refractivity contribution in [3.63, 3.8) is 0 Å². The highest BCUT2D eigenvalue weighted by molar-refractivity contribution is 5.98. The zero-order valence-corrected chi connectivity index (χ0v) is 16.1. The second-order valence-electron chi connectivity index (χ2n) is 7.78. The van der Waals surface area contributed by atoms with Crippen LogP contribution in [0.4, 0.5) is 10.5 Å². The van der Waals surface area contributed by atoms with E-state index in [1.54, 1.807) is 4.90 Å². The van der Waals surface area contributed by atoms with E-state index in [1.807, 2.05) is 38.1 Å². The molecule has 0 saturated carbocycles. The highest BCUT2D eigenvalue weighted by Gasteiger charge is 2.46. The Bertz CT molecular complexity index is 716. The Labute approximate surface area is 159 Å². The van der Waals surface area contributed by atoms with Gasteiger partial charge in [0.05, 0.1) is 6.04 Å². The van der Waals surface area contributed by atoms with Gasteiger partial charge in [0.15, 0.2) is 0 Å². The first-order valence-electron chi connectivity index (χ1n) is 9.64. The van der Waals surface area contributed by atoms with Gasteiger partial charge in [0.25, 0.3) is 0 Å². The number of rotatable bonds is 5. The Balaban J connectivity index is 1.57. The Hall–Kier alpha value is -2.57. The summed E-state index contributed by atoms with van der Waals surface area (Å²) in [5.41, 5.74) is 1.92. The maximum atomic E-state index is 12.7. The first kappa shape index (κ1) is 19.2. The van der Waals surface area contributed by atoms with Gasteiger partial charge in [-0.25, -0.2) is 4.79 Å². The number of fused-ring (bicyclic) bond motifs is 1. The molecular formula is C20H28N4O3. The Morgan fingerprint density at radius 3 is 2.59 bits per heavy atom. The molecule has 0 aliphatic carbocycles. The number of hydrogen-bond acceptors (Lipinski definition) is 3. The molecule has 0 spiro atoms. The molecule has 7 nitrogen and oxygen atoms in total. The molecular weight excluding hydrogens is 344 g/mol. The molecule has 0 bridgehead atoms. The lowest BCUT2D eigenvalue weighted by molar-refractivity contribution is -0.147. The van der Waals surface area contributed by atoms with Gasteiger partial charge in [-0.2, -0.15) is 0 Å². The number of nitrogens with one attached hydrogen (secondary N) is 3. The molecule has 3 atom stereocenters. The van der Waals surface area contributed by atoms with E-state index >= 15 is 0 Å². The normalized spacial score (nSPS) is 24.6. The fraction of sp³-hybridized carbons (Fsp3) is 0.550. The van der Waals surface area contributed by atoms with Crippen molar-refractivity contribution in [1.82, 2.24) is 15.5 Å². The molecule has 0 radical (unpaired) electrons. The van der Waals surface area contributed by atoms with Crippen molar-refractivity contribution < 1.29 is 14.4 Å². The molecule has 4 amide bonds. The molecule has 3 rings (SSSR count). The summed E-state index contributed by atoms with van der Waals surface area (Å²) in [6.07, 6.45) is 2.01. The van der Waals surface area contributed by atoms with Crippen LogP contribution in [-0.2, 0) is 16.0 Å². The summed E-state index contributed by atoms with van der Waals surface area (Å²) >= 11 is 0. The van der Waals surface area contributed by atoms with Gasteiger partial charge in [-0.1, -0.05) is 32.9 Å². The number of hydrogen-bond donors (Lipinski definition) is 3. The third-order valence-corrected chi connectivity index (χ3v) is 5.16. The lowest BCUT2D eigenvalue weighted by Gasteiger charge is -2.35. The summed E-state index contributed by atoms with van der Waals surface area (Å²) in [6, 6.07) is 6.17. The van der Waals surface area contributed by atoms with Crippen molar-refractivity contribution in [3.8, 4) is 0 Å². The number of nitrogens with zero attached hydrogens (tertiary/aromatic N) is 1. The number of carbonyl (C=O) groups excluding carboxylic acids is 3. The second kappa shape index (κ2) is 7.98. The van der Waals surface area contributed by atoms with Gasteiger partial charge < -0.3 is 20.9 Å². The van der Waals surface area contributed by atoms with Crippen LogP contribution in [0.5, 0.6) is 0 Å². The number of carbonyl (C=O) groups is 3. The van der Waals surface area contributed by atoms with Crippen LogP contribution in [0.15, 0.2) is 24.3 Å². The maximum Gasteiger partial charge on any atom is 0.319 e. The largest absolute Gasteiger partial charge is 0.342 e. The third kappa shape index (κ3) is 4.40. The molecule has 146 valence electrons. The fourth-order valence-corrected chi connectivity index (χ4v) is 3.77. The first-order chi connectivity index (χ1) is 12.9. The first-order valence-corrected chi connectivity index (χ1v) is 9.64. The lowest BCUT2D eigenvalue weighted by Crippen LogP contribution is -2.61. The molecule has 2 heterocycles. The number of piperazine rings is 1. The summed E-state index contributed by atoms with van der Waals surface area (Å²) in [6.45, 7) is 6.50. The van der Waals surface area contributed by atoms with E-state index in [-0.39, 0.29) is 23.9 Å². The van der Waals surface area contributed by atoms with Crippen LogP contribution in [0.1, 0.15) is 39.2 Å². The van der Waals surface area contributed by atoms with Crippen LogP contribution in [0.25, 0.3) is 0 Å². The molecule has 0 unspecified atom stereocenters. The fourth-order valence-electron chi connectivity index (χ4n) is 3.77. The number of amides is 4. The molecule has 2 saturated heterocycles. The molecule has 3 N–H and O–H groups in total. The van der Waals surface area contributed by atoms with Crippen LogP contribution in [0, 0.1) is 5.92 Å². The molecule has 27 heavy (non-hydrogen) atoms. The van der Waals surface area contributed by atoms with Gasteiger partial charge in [0, 0.05) is 12.2 Å². The number of anilines is 1. The average molecular weight is 372 g/mol. The summed E-state index contributed by atoms with van der Waals surface area (Å²) in [5.74, 6) is 0.144. The highest BCUT2D eigenvalue weighted by Crippen LogP contribution is 2.24. The van der Waals surface area contributed by atoms with Gasteiger partial charge in [-0.15, -0.1) is 0 Å². The number of urea groups is 1. The summed E-state index contributed by atoms with van der Waals surface area (Å²) in [5, 5.41) is 8.52. The van der Waals surface area contributed by atoms with E-state index in [0.29, 0.717) is 31.0 Å². The average Bonchev–Trinajstić information content (AvgIpc) is 3.04. The van der Waals surface area contributed by atoms with Crippen molar-refractivity contribution in [2.24, 2.45) is 5.92 Å². The Kier molecular flexibility index (Phi) is 5.68. The van der Waals surface area contributed by atoms with E-state index in [2.05, 4.69) is 22.9 Å². The maximum absolute atomic E-state index is 12.7. The third-order valence-electron chi connectivity index (χ3n) is 5.16. The molecule has 2 fully saturated rings. The predicted octanol–water partition coefficient (Wildman–Crippen LogP) is 1.88. The topological polar surface area (TPSA) is 90.5 Å². The summed E-state index contributed by atoms with van der Waals surface area (Å²) in [7, 11) is 0. The van der Waals surface area contributed by atoms with Crippen molar-refractivity contribution in [2.75, 3.05) is 11.9 Å². The van der Waals surface area contributed by atoms with Gasteiger partial charge in [-0.3, -0.25) is 9.59 Å². The van der Waals surface area contributed by atoms with Crippen LogP contribution in [0.2, 0.25) is 0 Å². The zero-order valence-electron chi connectivity index (χ0n) is 16.1. The summed E-state index contributed by atoms with van der Waals surface area (Å²) in [4.78, 5) is 38.9. The van der Waals surface area contributed by atoms with Crippen molar-refractivity contribution in [1.29, 1.82) is 0 Å². The molecule has 2 aliphatic rings. The highest BCUT2D eigenvalue weighted by atomic mass is 16.2. The van der Waals surface area contributed by atoms with Crippen LogP contribution < -0.4 is 16.0 Å². The minimum absolute atomic E-state index is 0.0480. The van der Waals surface area contributed by atoms with E-state index in [0.717, 1.165) is 6.42 Å². The van der Waals surface area contributed by atoms with E-state index in [9.17, 15) is 14.4 Å². The smallest absolute Gasteiger partial charge is 0.319 e. The number of aryl methyl sites for hydroxylation is 1. The molecule has 7 heteroatoms. The van der Waals surface area contributed by atoms with E-state index < -0.39 is 12.1 Å². The molecule has 1 aromatic carbocycles. The van der Waals surface area contributed by atoms with Crippen LogP contribution >= 0.6 is 0 Å². The van der Waals surface area contributed by atoms with Crippen molar-refractivity contribution >= 4 is 23.5 Å². The molecule has 1 aromatic rings. The standard InChI is InChI=1S/C20H28N4O3/c1-4-13-5-7-14(8-6-13)21-20(27)22-15-10-17-18(25)23-16(9-12(2)3)19(26)24(17)11-15/h5-8,12,15-17H,4,9-11H2,1-3H3,(H,23,25)(H2,21,22,27)/t15-,16+,17-/m0/s1. The van der Waals surface area contributed by atoms with Crippen LogP contribution in [-0.4, -0.2) is 47.4 Å². The van der Waals surface area contributed by atoms with Gasteiger partial charge in [0.2, 0.25) is 11.8 Å². The Morgan fingerprint density at radius 2 is 1.96 bits per heavy atom. The van der Waals surface area contributed by atoms with Crippen LogP contribution in [0.3, 0.4) is 0 Å². The minimum atomic E-state index is -0.491. The predicted molar refractivity (Wildman–Crippen MR) is 103 cm³/mol. The number of benzene rings is 1. The zero-order chi connectivity index (χ0) is 19.6. The lowest BCUT2D eigenvalue weighted by atomic mass is 9.99. The monoisotopic (exact) mass is 372 g/mol. The van der Waals surface area contributed by atoms with E-state index in [1.165, 1.54) is 5.56 Å². The minimum Gasteiger partial charge on any atom is -0.342 e. The Morgan fingerprint density at radius 1 is 1.26 bits per heavy atom. The molecule has 0 aromatic heterocycles. The second-order valence-corrected chi connectivity index (χ2v) is 7.78. The summed E-state index contributed by atoms with van der Waals surface area (Å²) < 4.78 is 0. The van der Waals surface area contributed by atoms with Gasteiger partial charge in [0.1, 0.15) is 12.1 Å². The van der Waals surface area contributed by atoms with Gasteiger partial charge >= 0.3 is 6.03 Å². The molecule has 2 aliphatic heterocycles. The quantitative estimate of drug-likeness (QED) is 0.737. The van der Waals surface area contributed by atoms with Gasteiger partial charge in [-0.05, 0) is 42.9 Å². The van der Waals surface area contributed by atoms with Crippen molar-refractivity contribution in [2.45, 2.75) is 58.2 Å². The van der Waals surface area contributed by atoms with E-state index in [4.69, 9.17) is 0 Å². The SMILES string of the molecule is CCc1ccc(NC(=O)N[C@H]2C[C@H]3C(=O)N[C@H](CC(C)C)C(=O)N3C2)cc1. The van der Waals surface area contributed by atoms with Crippen molar-refractivity contribution in [3.05, 3.63) is 29.8 Å².